The van der Waals surface area contributed by atoms with E-state index in [9.17, 15) is 13.2 Å². The van der Waals surface area contributed by atoms with Crippen LogP contribution < -0.4 is 16.0 Å². The zero-order chi connectivity index (χ0) is 21.8. The number of ether oxygens (including phenoxy) is 1. The SMILES string of the molecule is CCNC(=NCCCOC(C)c1ccccc1)NCCC(=O)NC1CCS(=O)(=O)C1.I. The van der Waals surface area contributed by atoms with Crippen LogP contribution in [0, 0.1) is 0 Å². The number of carbonyl (C=O) groups excluding carboxylic acids is 1. The van der Waals surface area contributed by atoms with Crippen molar-refractivity contribution in [3.05, 3.63) is 35.9 Å². The molecule has 0 aromatic heterocycles. The standard InChI is InChI=1S/C21H34N4O4S.HI/c1-3-22-21(23-12-7-14-29-17(2)18-8-5-4-6-9-18)24-13-10-20(26)25-19-11-15-30(27,28)16-19;/h4-6,8-9,17,19H,3,7,10-16H2,1-2H3,(H,25,26)(H2,22,23,24);1H. The van der Waals surface area contributed by atoms with Gasteiger partial charge in [-0.25, -0.2) is 8.42 Å². The molecule has 2 rings (SSSR count). The Bertz CT molecular complexity index is 790. The predicted molar refractivity (Wildman–Crippen MR) is 135 cm³/mol. The summed E-state index contributed by atoms with van der Waals surface area (Å²) >= 11 is 0. The predicted octanol–water partition coefficient (Wildman–Crippen LogP) is 2.02. The molecule has 0 saturated carbocycles. The van der Waals surface area contributed by atoms with Crippen molar-refractivity contribution in [2.75, 3.05) is 37.7 Å². The van der Waals surface area contributed by atoms with Crippen molar-refractivity contribution in [1.82, 2.24) is 16.0 Å². The van der Waals surface area contributed by atoms with Crippen LogP contribution in [0.2, 0.25) is 0 Å². The minimum atomic E-state index is -2.99. The van der Waals surface area contributed by atoms with Gasteiger partial charge in [-0.15, -0.1) is 24.0 Å². The van der Waals surface area contributed by atoms with E-state index in [0.717, 1.165) is 18.5 Å². The highest BCUT2D eigenvalue weighted by Crippen LogP contribution is 2.15. The molecule has 8 nitrogen and oxygen atoms in total. The van der Waals surface area contributed by atoms with E-state index in [1.807, 2.05) is 32.0 Å². The molecule has 1 aromatic rings. The lowest BCUT2D eigenvalue weighted by molar-refractivity contribution is -0.121. The summed E-state index contributed by atoms with van der Waals surface area (Å²) in [6.07, 6.45) is 1.61. The maximum absolute atomic E-state index is 12.0. The monoisotopic (exact) mass is 566 g/mol. The summed E-state index contributed by atoms with van der Waals surface area (Å²) < 4.78 is 28.8. The van der Waals surface area contributed by atoms with Gasteiger partial charge in [0.15, 0.2) is 15.8 Å². The smallest absolute Gasteiger partial charge is 0.222 e. The molecule has 1 aromatic carbocycles. The summed E-state index contributed by atoms with van der Waals surface area (Å²) in [5, 5.41) is 9.08. The molecule has 1 saturated heterocycles. The third-order valence-electron chi connectivity index (χ3n) is 4.80. The topological polar surface area (TPSA) is 109 Å². The first-order valence-corrected chi connectivity index (χ1v) is 12.4. The Morgan fingerprint density at radius 3 is 2.65 bits per heavy atom. The lowest BCUT2D eigenvalue weighted by Crippen LogP contribution is -2.41. The Morgan fingerprint density at radius 2 is 2.00 bits per heavy atom. The molecule has 2 unspecified atom stereocenters. The number of nitrogens with zero attached hydrogens (tertiary/aromatic N) is 1. The second-order valence-corrected chi connectivity index (χ2v) is 9.61. The Balaban J connectivity index is 0.00000480. The molecule has 0 bridgehead atoms. The van der Waals surface area contributed by atoms with E-state index in [1.54, 1.807) is 0 Å². The number of guanidine groups is 1. The number of aliphatic imine (C=N–C) groups is 1. The molecule has 0 spiro atoms. The number of halogens is 1. The Morgan fingerprint density at radius 1 is 1.26 bits per heavy atom. The van der Waals surface area contributed by atoms with E-state index in [0.29, 0.717) is 32.1 Å². The third kappa shape index (κ3) is 11.2. The molecule has 1 aliphatic heterocycles. The van der Waals surface area contributed by atoms with Crippen molar-refractivity contribution < 1.29 is 17.9 Å². The van der Waals surface area contributed by atoms with E-state index in [-0.39, 0.29) is 60.0 Å². The van der Waals surface area contributed by atoms with Gasteiger partial charge in [-0.3, -0.25) is 9.79 Å². The fraction of sp³-hybridized carbons (Fsp3) is 0.619. The van der Waals surface area contributed by atoms with Gasteiger partial charge < -0.3 is 20.7 Å². The number of benzene rings is 1. The number of carbonyl (C=O) groups is 1. The highest BCUT2D eigenvalue weighted by molar-refractivity contribution is 14.0. The van der Waals surface area contributed by atoms with Crippen molar-refractivity contribution in [3.8, 4) is 0 Å². The Hall–Kier alpha value is -1.40. The van der Waals surface area contributed by atoms with E-state index in [2.05, 4.69) is 33.1 Å². The molecule has 176 valence electrons. The minimum Gasteiger partial charge on any atom is -0.374 e. The van der Waals surface area contributed by atoms with Crippen molar-refractivity contribution in [1.29, 1.82) is 0 Å². The molecule has 1 heterocycles. The van der Waals surface area contributed by atoms with Crippen LogP contribution in [0.4, 0.5) is 0 Å². The summed E-state index contributed by atoms with van der Waals surface area (Å²) in [6.45, 7) is 6.40. The number of rotatable bonds is 11. The highest BCUT2D eigenvalue weighted by atomic mass is 127. The quantitative estimate of drug-likeness (QED) is 0.164. The van der Waals surface area contributed by atoms with Crippen molar-refractivity contribution in [2.24, 2.45) is 4.99 Å². The average Bonchev–Trinajstić information content (AvgIpc) is 3.06. The van der Waals surface area contributed by atoms with Crippen LogP contribution in [0.1, 0.15) is 44.8 Å². The summed E-state index contributed by atoms with van der Waals surface area (Å²) in [6, 6.07) is 9.84. The fourth-order valence-electron chi connectivity index (χ4n) is 3.18. The number of hydrogen-bond donors (Lipinski definition) is 3. The molecular weight excluding hydrogens is 531 g/mol. The van der Waals surface area contributed by atoms with Crippen LogP contribution in [-0.4, -0.2) is 64.1 Å². The zero-order valence-electron chi connectivity index (χ0n) is 18.3. The second kappa shape index (κ2) is 14.6. The Kier molecular flexibility index (Phi) is 13.0. The van der Waals surface area contributed by atoms with Gasteiger partial charge in [0, 0.05) is 38.7 Å². The van der Waals surface area contributed by atoms with E-state index in [1.165, 1.54) is 0 Å². The first-order valence-electron chi connectivity index (χ1n) is 10.6. The van der Waals surface area contributed by atoms with Crippen LogP contribution in [0.3, 0.4) is 0 Å². The van der Waals surface area contributed by atoms with Crippen molar-refractivity contribution in [3.63, 3.8) is 0 Å². The van der Waals surface area contributed by atoms with E-state index in [4.69, 9.17) is 4.74 Å². The van der Waals surface area contributed by atoms with E-state index < -0.39 is 9.84 Å². The average molecular weight is 567 g/mol. The zero-order valence-corrected chi connectivity index (χ0v) is 21.4. The van der Waals surface area contributed by atoms with Gasteiger partial charge in [0.05, 0.1) is 17.6 Å². The van der Waals surface area contributed by atoms with Crippen LogP contribution >= 0.6 is 24.0 Å². The molecule has 3 N–H and O–H groups in total. The van der Waals surface area contributed by atoms with Gasteiger partial charge in [-0.2, -0.15) is 0 Å². The summed E-state index contributed by atoms with van der Waals surface area (Å²) in [4.78, 5) is 16.5. The first kappa shape index (κ1) is 27.6. The Labute approximate surface area is 202 Å². The van der Waals surface area contributed by atoms with Crippen LogP contribution in [-0.2, 0) is 19.4 Å². The normalized spacial score (nSPS) is 18.6. The summed E-state index contributed by atoms with van der Waals surface area (Å²) in [5.74, 6) is 0.705. The lowest BCUT2D eigenvalue weighted by atomic mass is 10.1. The molecule has 10 heteroatoms. The van der Waals surface area contributed by atoms with Gasteiger partial charge in [0.25, 0.3) is 0 Å². The molecule has 2 atom stereocenters. The molecule has 31 heavy (non-hydrogen) atoms. The molecule has 0 aliphatic carbocycles. The molecule has 1 fully saturated rings. The summed E-state index contributed by atoms with van der Waals surface area (Å²) in [7, 11) is -2.99. The summed E-state index contributed by atoms with van der Waals surface area (Å²) in [5.41, 5.74) is 1.16. The number of nitrogens with one attached hydrogen (secondary N) is 3. The van der Waals surface area contributed by atoms with Crippen molar-refractivity contribution >= 4 is 45.7 Å². The van der Waals surface area contributed by atoms with Crippen LogP contribution in [0.15, 0.2) is 35.3 Å². The van der Waals surface area contributed by atoms with Gasteiger partial charge in [0.1, 0.15) is 0 Å². The van der Waals surface area contributed by atoms with Crippen LogP contribution in [0.25, 0.3) is 0 Å². The maximum Gasteiger partial charge on any atom is 0.222 e. The molecule has 1 aliphatic rings. The van der Waals surface area contributed by atoms with Crippen LogP contribution in [0.5, 0.6) is 0 Å². The lowest BCUT2D eigenvalue weighted by Gasteiger charge is -2.14. The van der Waals surface area contributed by atoms with Gasteiger partial charge >= 0.3 is 0 Å². The highest BCUT2D eigenvalue weighted by Gasteiger charge is 2.28. The van der Waals surface area contributed by atoms with Gasteiger partial charge in [-0.1, -0.05) is 30.3 Å². The fourth-order valence-corrected chi connectivity index (χ4v) is 4.85. The largest absolute Gasteiger partial charge is 0.374 e. The molecule has 0 radical (unpaired) electrons. The number of hydrogen-bond acceptors (Lipinski definition) is 5. The minimum absolute atomic E-state index is 0. The number of amides is 1. The molecule has 1 amide bonds. The maximum atomic E-state index is 12.0. The third-order valence-corrected chi connectivity index (χ3v) is 6.56. The van der Waals surface area contributed by atoms with E-state index >= 15 is 0 Å². The molecular formula is C21H35IN4O4S. The number of sulfone groups is 1. The first-order chi connectivity index (χ1) is 14.4. The van der Waals surface area contributed by atoms with Crippen molar-refractivity contribution in [2.45, 2.75) is 45.3 Å². The second-order valence-electron chi connectivity index (χ2n) is 7.38. The van der Waals surface area contributed by atoms with Gasteiger partial charge in [0.2, 0.25) is 5.91 Å². The van der Waals surface area contributed by atoms with Gasteiger partial charge in [-0.05, 0) is 32.3 Å².